The van der Waals surface area contributed by atoms with Crippen molar-refractivity contribution in [1.29, 1.82) is 0 Å². The molecule has 1 N–H and O–H groups in total. The normalized spacial score (nSPS) is 21.5. The SMILES string of the molecule is CC(C)(C)[S@@+]([O-])N[C@@H]1CCCC12CCN(c1ncc(-c3cccc(Cl)c3Cl)c3nccn13)CC2. The van der Waals surface area contributed by atoms with Crippen LogP contribution < -0.4 is 9.62 Å². The third-order valence-corrected chi connectivity index (χ3v) is 9.83. The summed E-state index contributed by atoms with van der Waals surface area (Å²) in [4.78, 5) is 11.8. The van der Waals surface area contributed by atoms with E-state index in [0.29, 0.717) is 16.1 Å². The highest BCUT2D eigenvalue weighted by Gasteiger charge is 2.48. The van der Waals surface area contributed by atoms with Crippen molar-refractivity contribution < 1.29 is 4.55 Å². The van der Waals surface area contributed by atoms with Gasteiger partial charge in [-0.3, -0.25) is 4.40 Å². The van der Waals surface area contributed by atoms with Crippen LogP contribution in [0.15, 0.2) is 36.8 Å². The molecule has 0 radical (unpaired) electrons. The van der Waals surface area contributed by atoms with Crippen LogP contribution in [0.1, 0.15) is 52.9 Å². The second kappa shape index (κ2) is 9.17. The fourth-order valence-corrected chi connectivity index (χ4v) is 6.80. The molecule has 5 rings (SSSR count). The summed E-state index contributed by atoms with van der Waals surface area (Å²) in [7, 11) is 0. The zero-order valence-corrected chi connectivity index (χ0v) is 22.2. The van der Waals surface area contributed by atoms with E-state index >= 15 is 0 Å². The minimum atomic E-state index is -1.05. The Morgan fingerprint density at radius 1 is 1.12 bits per heavy atom. The molecule has 2 fully saturated rings. The number of aromatic nitrogens is 3. The number of fused-ring (bicyclic) bond motifs is 1. The van der Waals surface area contributed by atoms with Gasteiger partial charge in [-0.2, -0.15) is 0 Å². The second-order valence-electron chi connectivity index (χ2n) is 10.5. The summed E-state index contributed by atoms with van der Waals surface area (Å²) in [6, 6.07) is 5.92. The lowest BCUT2D eigenvalue weighted by Gasteiger charge is -2.44. The Morgan fingerprint density at radius 3 is 2.62 bits per heavy atom. The zero-order valence-electron chi connectivity index (χ0n) is 19.9. The maximum atomic E-state index is 12.8. The summed E-state index contributed by atoms with van der Waals surface area (Å²) in [6.45, 7) is 7.92. The lowest BCUT2D eigenvalue weighted by atomic mass is 9.74. The summed E-state index contributed by atoms with van der Waals surface area (Å²) in [6.07, 6.45) is 11.2. The number of hydrogen-bond acceptors (Lipinski definition) is 5. The van der Waals surface area contributed by atoms with E-state index in [4.69, 9.17) is 28.2 Å². The lowest BCUT2D eigenvalue weighted by molar-refractivity contribution is 0.186. The summed E-state index contributed by atoms with van der Waals surface area (Å²) < 4.78 is 18.1. The second-order valence-corrected chi connectivity index (χ2v) is 13.3. The van der Waals surface area contributed by atoms with Gasteiger partial charge in [0.25, 0.3) is 0 Å². The van der Waals surface area contributed by atoms with Gasteiger partial charge in [-0.05, 0) is 57.9 Å². The fraction of sp³-hybridized carbons (Fsp3) is 0.520. The highest BCUT2D eigenvalue weighted by molar-refractivity contribution is 7.90. The fourth-order valence-electron chi connectivity index (χ4n) is 5.42. The molecule has 9 heteroatoms. The molecule has 6 nitrogen and oxygen atoms in total. The lowest BCUT2D eigenvalue weighted by Crippen LogP contribution is -2.53. The van der Waals surface area contributed by atoms with Gasteiger partial charge in [-0.15, -0.1) is 4.72 Å². The molecule has 182 valence electrons. The van der Waals surface area contributed by atoms with Crippen LogP contribution in [-0.2, 0) is 11.4 Å². The Bertz CT molecular complexity index is 1190. The summed E-state index contributed by atoms with van der Waals surface area (Å²) in [5.41, 5.74) is 2.71. The molecule has 34 heavy (non-hydrogen) atoms. The summed E-state index contributed by atoms with van der Waals surface area (Å²) in [5, 5.41) is 1.03. The molecule has 1 aliphatic carbocycles. The van der Waals surface area contributed by atoms with E-state index in [1.54, 1.807) is 12.3 Å². The van der Waals surface area contributed by atoms with Gasteiger partial charge >= 0.3 is 0 Å². The number of halogens is 2. The van der Waals surface area contributed by atoms with Gasteiger partial charge in [-0.25, -0.2) is 9.97 Å². The third-order valence-electron chi connectivity index (χ3n) is 7.40. The van der Waals surface area contributed by atoms with Crippen LogP contribution in [0, 0.1) is 5.41 Å². The molecule has 1 aliphatic heterocycles. The van der Waals surface area contributed by atoms with Crippen molar-refractivity contribution in [2.75, 3.05) is 18.0 Å². The molecule has 3 aromatic rings. The van der Waals surface area contributed by atoms with E-state index in [2.05, 4.69) is 14.6 Å². The van der Waals surface area contributed by atoms with Crippen LogP contribution in [0.25, 0.3) is 16.8 Å². The zero-order chi connectivity index (χ0) is 24.1. The van der Waals surface area contributed by atoms with E-state index in [9.17, 15) is 4.55 Å². The number of benzene rings is 1. The van der Waals surface area contributed by atoms with E-state index in [0.717, 1.165) is 55.1 Å². The molecule has 1 spiro atoms. The minimum Gasteiger partial charge on any atom is -0.598 e. The van der Waals surface area contributed by atoms with Crippen LogP contribution in [0.3, 0.4) is 0 Å². The molecule has 0 bridgehead atoms. The van der Waals surface area contributed by atoms with Crippen molar-refractivity contribution >= 4 is 46.2 Å². The maximum Gasteiger partial charge on any atom is 0.211 e. The molecular formula is C25H31Cl2N5OS. The van der Waals surface area contributed by atoms with Crippen molar-refractivity contribution in [3.8, 4) is 11.1 Å². The third kappa shape index (κ3) is 4.30. The average Bonchev–Trinajstić information content (AvgIpc) is 3.43. The number of anilines is 1. The quantitative estimate of drug-likeness (QED) is 0.435. The Morgan fingerprint density at radius 2 is 1.88 bits per heavy atom. The standard InChI is InChI=1S/C25H31Cl2N5OS/c1-24(2,3)34(33)30-20-8-5-9-25(20)10-13-31(14-11-25)23-29-16-18(22-28-12-15-32(22)23)17-6-4-7-19(26)21(17)27/h4,6-7,12,15-16,20,30H,5,8-11,13-14H2,1-3H3/t20-,34-/m1/s1. The van der Waals surface area contributed by atoms with Crippen molar-refractivity contribution in [1.82, 2.24) is 19.1 Å². The van der Waals surface area contributed by atoms with Crippen molar-refractivity contribution in [3.63, 3.8) is 0 Å². The first-order valence-electron chi connectivity index (χ1n) is 11.9. The van der Waals surface area contributed by atoms with E-state index < -0.39 is 11.4 Å². The molecule has 0 unspecified atom stereocenters. The van der Waals surface area contributed by atoms with Crippen LogP contribution in [0.4, 0.5) is 5.95 Å². The Balaban J connectivity index is 1.38. The molecule has 1 saturated carbocycles. The maximum absolute atomic E-state index is 12.8. The number of nitrogens with one attached hydrogen (secondary N) is 1. The van der Waals surface area contributed by atoms with Gasteiger partial charge in [0.15, 0.2) is 0 Å². The number of hydrogen-bond donors (Lipinski definition) is 1. The van der Waals surface area contributed by atoms with Gasteiger partial charge in [0.2, 0.25) is 5.95 Å². The highest BCUT2D eigenvalue weighted by atomic mass is 35.5. The van der Waals surface area contributed by atoms with E-state index in [-0.39, 0.29) is 10.2 Å². The molecule has 2 aliphatic rings. The van der Waals surface area contributed by atoms with E-state index in [1.165, 1.54) is 12.8 Å². The van der Waals surface area contributed by atoms with Gasteiger partial charge in [0.1, 0.15) is 10.4 Å². The summed E-state index contributed by atoms with van der Waals surface area (Å²) >= 11 is 11.7. The number of imidazole rings is 1. The van der Waals surface area contributed by atoms with Gasteiger partial charge in [-0.1, -0.05) is 41.8 Å². The Hall–Kier alpha value is -1.51. The monoisotopic (exact) mass is 519 g/mol. The molecule has 2 aromatic heterocycles. The number of nitrogens with zero attached hydrogens (tertiary/aromatic N) is 4. The average molecular weight is 521 g/mol. The van der Waals surface area contributed by atoms with E-state index in [1.807, 2.05) is 49.7 Å². The number of piperidine rings is 1. The minimum absolute atomic E-state index is 0.208. The van der Waals surface area contributed by atoms with Crippen LogP contribution >= 0.6 is 23.2 Å². The molecule has 1 aromatic carbocycles. The first-order chi connectivity index (χ1) is 16.2. The van der Waals surface area contributed by atoms with Crippen LogP contribution in [0.2, 0.25) is 10.0 Å². The smallest absolute Gasteiger partial charge is 0.211 e. The molecule has 1 saturated heterocycles. The van der Waals surface area contributed by atoms with Crippen LogP contribution in [-0.4, -0.2) is 42.8 Å². The van der Waals surface area contributed by atoms with Crippen molar-refractivity contribution in [2.24, 2.45) is 5.41 Å². The topological polar surface area (TPSA) is 68.5 Å². The predicted molar refractivity (Wildman–Crippen MR) is 141 cm³/mol. The highest BCUT2D eigenvalue weighted by Crippen LogP contribution is 2.47. The molecular weight excluding hydrogens is 489 g/mol. The van der Waals surface area contributed by atoms with Crippen molar-refractivity contribution in [3.05, 3.63) is 46.8 Å². The van der Waals surface area contributed by atoms with Gasteiger partial charge < -0.3 is 9.45 Å². The largest absolute Gasteiger partial charge is 0.598 e. The Labute approximate surface area is 214 Å². The first-order valence-corrected chi connectivity index (χ1v) is 13.8. The predicted octanol–water partition coefficient (Wildman–Crippen LogP) is 5.89. The molecule has 0 amide bonds. The van der Waals surface area contributed by atoms with Gasteiger partial charge in [0, 0.05) is 54.2 Å². The number of rotatable bonds is 4. The van der Waals surface area contributed by atoms with Gasteiger partial charge in [0.05, 0.1) is 16.1 Å². The van der Waals surface area contributed by atoms with Crippen LogP contribution in [0.5, 0.6) is 0 Å². The molecule has 3 heterocycles. The molecule has 2 atom stereocenters. The summed E-state index contributed by atoms with van der Waals surface area (Å²) in [5.74, 6) is 0.894. The van der Waals surface area contributed by atoms with Crippen molar-refractivity contribution in [2.45, 2.75) is 63.7 Å². The Kier molecular flexibility index (Phi) is 6.53. The first kappa shape index (κ1) is 24.2.